The minimum Gasteiger partial charge on any atom is -0.443 e. The molecule has 2 amide bonds. The number of hydrogen-bond donors (Lipinski definition) is 0. The Balaban J connectivity index is 1.68. The Labute approximate surface area is 139 Å². The van der Waals surface area contributed by atoms with Gasteiger partial charge in [0.05, 0.1) is 12.1 Å². The zero-order valence-corrected chi connectivity index (χ0v) is 13.7. The molecule has 1 aromatic heterocycles. The van der Waals surface area contributed by atoms with Gasteiger partial charge in [-0.1, -0.05) is 26.0 Å². The van der Waals surface area contributed by atoms with Crippen molar-refractivity contribution in [1.82, 2.24) is 9.88 Å². The molecular weight excluding hydrogens is 311 g/mol. The Bertz CT molecular complexity index is 752. The Kier molecular flexibility index (Phi) is 4.46. The highest BCUT2D eigenvalue weighted by Crippen LogP contribution is 2.26. The number of imide groups is 1. The number of carbonyl (C=O) groups is 2. The number of likely N-dealkylation sites (tertiary alicyclic amines) is 1. The van der Waals surface area contributed by atoms with Crippen molar-refractivity contribution in [2.75, 3.05) is 0 Å². The van der Waals surface area contributed by atoms with E-state index in [0.29, 0.717) is 12.3 Å². The van der Waals surface area contributed by atoms with Crippen molar-refractivity contribution in [3.8, 4) is 0 Å². The van der Waals surface area contributed by atoms with Gasteiger partial charge in [-0.15, -0.1) is 0 Å². The first-order valence-electron chi connectivity index (χ1n) is 7.97. The zero-order valence-electron chi connectivity index (χ0n) is 13.7. The summed E-state index contributed by atoms with van der Waals surface area (Å²) in [5.74, 6) is 0.101. The number of hydrogen-bond acceptors (Lipinski definition) is 4. The van der Waals surface area contributed by atoms with E-state index in [0.717, 1.165) is 11.3 Å². The van der Waals surface area contributed by atoms with Gasteiger partial charge in [0.25, 0.3) is 0 Å². The first-order valence-corrected chi connectivity index (χ1v) is 7.97. The molecule has 3 rings (SSSR count). The molecule has 1 aromatic carbocycles. The molecule has 0 saturated carbocycles. The summed E-state index contributed by atoms with van der Waals surface area (Å²) in [6.45, 7) is 4.02. The number of benzene rings is 1. The lowest BCUT2D eigenvalue weighted by molar-refractivity contribution is -0.140. The Morgan fingerprint density at radius 3 is 2.62 bits per heavy atom. The van der Waals surface area contributed by atoms with Crippen LogP contribution in [0.4, 0.5) is 4.39 Å². The normalized spacial score (nSPS) is 18.0. The molecule has 1 fully saturated rings. The van der Waals surface area contributed by atoms with Gasteiger partial charge in [0, 0.05) is 12.3 Å². The third kappa shape index (κ3) is 3.37. The van der Waals surface area contributed by atoms with E-state index in [-0.39, 0.29) is 36.5 Å². The SMILES string of the molecule is CC(C)c1cnc(CN2C(=O)C[C@H](Cc3ccc(F)cc3)C2=O)o1. The molecule has 24 heavy (non-hydrogen) atoms. The van der Waals surface area contributed by atoms with Gasteiger partial charge in [0.1, 0.15) is 18.1 Å². The summed E-state index contributed by atoms with van der Waals surface area (Å²) < 4.78 is 18.5. The number of oxazole rings is 1. The average molecular weight is 330 g/mol. The van der Waals surface area contributed by atoms with Crippen molar-refractivity contribution >= 4 is 11.8 Å². The fraction of sp³-hybridized carbons (Fsp3) is 0.389. The summed E-state index contributed by atoms with van der Waals surface area (Å²) in [7, 11) is 0. The van der Waals surface area contributed by atoms with Crippen LogP contribution in [0.25, 0.3) is 0 Å². The third-order valence-electron chi connectivity index (χ3n) is 4.17. The number of carbonyl (C=O) groups excluding carboxylic acids is 2. The van der Waals surface area contributed by atoms with Crippen LogP contribution in [-0.2, 0) is 22.6 Å². The summed E-state index contributed by atoms with van der Waals surface area (Å²) in [6, 6.07) is 5.99. The number of amides is 2. The van der Waals surface area contributed by atoms with Crippen LogP contribution in [0.1, 0.15) is 43.4 Å². The van der Waals surface area contributed by atoms with E-state index in [4.69, 9.17) is 4.42 Å². The Morgan fingerprint density at radius 1 is 1.29 bits per heavy atom. The minimum absolute atomic E-state index is 0.0598. The highest BCUT2D eigenvalue weighted by atomic mass is 19.1. The van der Waals surface area contributed by atoms with Crippen molar-refractivity contribution in [3.05, 3.63) is 53.5 Å². The molecule has 126 valence electrons. The lowest BCUT2D eigenvalue weighted by atomic mass is 9.98. The summed E-state index contributed by atoms with van der Waals surface area (Å²) in [5.41, 5.74) is 0.836. The van der Waals surface area contributed by atoms with Gasteiger partial charge < -0.3 is 4.42 Å². The molecule has 0 bridgehead atoms. The fourth-order valence-corrected chi connectivity index (χ4v) is 2.78. The third-order valence-corrected chi connectivity index (χ3v) is 4.17. The highest BCUT2D eigenvalue weighted by Gasteiger charge is 2.39. The smallest absolute Gasteiger partial charge is 0.233 e. The van der Waals surface area contributed by atoms with Crippen LogP contribution in [0.5, 0.6) is 0 Å². The first kappa shape index (κ1) is 16.4. The number of rotatable bonds is 5. The molecule has 0 radical (unpaired) electrons. The van der Waals surface area contributed by atoms with Crippen LogP contribution in [0.2, 0.25) is 0 Å². The van der Waals surface area contributed by atoms with Gasteiger partial charge in [0.15, 0.2) is 0 Å². The van der Waals surface area contributed by atoms with Gasteiger partial charge in [0.2, 0.25) is 17.7 Å². The molecule has 6 heteroatoms. The maximum Gasteiger partial charge on any atom is 0.233 e. The first-order chi connectivity index (χ1) is 11.4. The van der Waals surface area contributed by atoms with E-state index in [1.165, 1.54) is 17.0 Å². The lowest BCUT2D eigenvalue weighted by Crippen LogP contribution is -2.30. The molecule has 0 aliphatic carbocycles. The summed E-state index contributed by atoms with van der Waals surface area (Å²) in [4.78, 5) is 30.0. The predicted octanol–water partition coefficient (Wildman–Crippen LogP) is 3.05. The second-order valence-electron chi connectivity index (χ2n) is 6.36. The molecule has 0 N–H and O–H groups in total. The van der Waals surface area contributed by atoms with Gasteiger partial charge >= 0.3 is 0 Å². The molecule has 0 unspecified atom stereocenters. The van der Waals surface area contributed by atoms with E-state index in [1.807, 2.05) is 13.8 Å². The molecule has 1 saturated heterocycles. The standard InChI is InChI=1S/C18H19FN2O3/c1-11(2)15-9-20-16(24-15)10-21-17(22)8-13(18(21)23)7-12-3-5-14(19)6-4-12/h3-6,9,11,13H,7-8,10H2,1-2H3/t13-/m0/s1. The largest absolute Gasteiger partial charge is 0.443 e. The van der Waals surface area contributed by atoms with Crippen molar-refractivity contribution in [3.63, 3.8) is 0 Å². The van der Waals surface area contributed by atoms with E-state index in [2.05, 4.69) is 4.98 Å². The van der Waals surface area contributed by atoms with Crippen LogP contribution < -0.4 is 0 Å². The van der Waals surface area contributed by atoms with Crippen molar-refractivity contribution in [2.45, 2.75) is 39.2 Å². The molecule has 5 nitrogen and oxygen atoms in total. The molecule has 1 atom stereocenters. The topological polar surface area (TPSA) is 63.4 Å². The summed E-state index contributed by atoms with van der Waals surface area (Å²) in [5, 5.41) is 0. The van der Waals surface area contributed by atoms with Crippen molar-refractivity contribution in [1.29, 1.82) is 0 Å². The molecular formula is C18H19FN2O3. The molecule has 2 aromatic rings. The van der Waals surface area contributed by atoms with E-state index >= 15 is 0 Å². The number of nitrogens with zero attached hydrogens (tertiary/aromatic N) is 2. The molecule has 0 spiro atoms. The number of aromatic nitrogens is 1. The van der Waals surface area contributed by atoms with Crippen LogP contribution >= 0.6 is 0 Å². The Hall–Kier alpha value is -2.50. The van der Waals surface area contributed by atoms with Crippen LogP contribution in [-0.4, -0.2) is 21.7 Å². The second kappa shape index (κ2) is 6.55. The lowest BCUT2D eigenvalue weighted by Gasteiger charge is -2.13. The van der Waals surface area contributed by atoms with Crippen LogP contribution in [0.3, 0.4) is 0 Å². The zero-order chi connectivity index (χ0) is 17.3. The summed E-state index contributed by atoms with van der Waals surface area (Å²) in [6.07, 6.45) is 2.21. The molecule has 2 heterocycles. The maximum absolute atomic E-state index is 13.0. The van der Waals surface area contributed by atoms with E-state index in [9.17, 15) is 14.0 Å². The van der Waals surface area contributed by atoms with Gasteiger partial charge in [-0.05, 0) is 24.1 Å². The number of halogens is 1. The molecule has 1 aliphatic heterocycles. The van der Waals surface area contributed by atoms with Gasteiger partial charge in [-0.25, -0.2) is 9.37 Å². The maximum atomic E-state index is 13.0. The van der Waals surface area contributed by atoms with Gasteiger partial charge in [-0.3, -0.25) is 14.5 Å². The van der Waals surface area contributed by atoms with Crippen LogP contribution in [0, 0.1) is 11.7 Å². The minimum atomic E-state index is -0.414. The average Bonchev–Trinajstić information content (AvgIpc) is 3.11. The second-order valence-corrected chi connectivity index (χ2v) is 6.36. The van der Waals surface area contributed by atoms with E-state index in [1.54, 1.807) is 18.3 Å². The summed E-state index contributed by atoms with van der Waals surface area (Å²) >= 11 is 0. The van der Waals surface area contributed by atoms with E-state index < -0.39 is 5.92 Å². The van der Waals surface area contributed by atoms with Crippen molar-refractivity contribution < 1.29 is 18.4 Å². The van der Waals surface area contributed by atoms with Gasteiger partial charge in [-0.2, -0.15) is 0 Å². The fourth-order valence-electron chi connectivity index (χ4n) is 2.78. The monoisotopic (exact) mass is 330 g/mol. The predicted molar refractivity (Wildman–Crippen MR) is 84.4 cm³/mol. The Morgan fingerprint density at radius 2 is 2.00 bits per heavy atom. The highest BCUT2D eigenvalue weighted by molar-refractivity contribution is 6.03. The quantitative estimate of drug-likeness (QED) is 0.791. The van der Waals surface area contributed by atoms with Crippen molar-refractivity contribution in [2.24, 2.45) is 5.92 Å². The van der Waals surface area contributed by atoms with Crippen LogP contribution in [0.15, 0.2) is 34.9 Å². The molecule has 1 aliphatic rings.